The highest BCUT2D eigenvalue weighted by molar-refractivity contribution is 5.41. The minimum Gasteiger partial charge on any atom is -0.491 e. The van der Waals surface area contributed by atoms with Crippen molar-refractivity contribution in [1.82, 2.24) is 5.32 Å². The first-order valence-electron chi connectivity index (χ1n) is 7.11. The van der Waals surface area contributed by atoms with Crippen molar-refractivity contribution in [3.8, 4) is 5.75 Å². The second-order valence-electron chi connectivity index (χ2n) is 5.53. The van der Waals surface area contributed by atoms with Gasteiger partial charge in [-0.1, -0.05) is 6.07 Å². The summed E-state index contributed by atoms with van der Waals surface area (Å²) in [6, 6.07) is 4.31. The van der Waals surface area contributed by atoms with Crippen molar-refractivity contribution in [2.45, 2.75) is 45.8 Å². The average molecular weight is 263 g/mol. The van der Waals surface area contributed by atoms with Gasteiger partial charge in [0.15, 0.2) is 0 Å². The third-order valence-corrected chi connectivity index (χ3v) is 3.82. The topological polar surface area (TPSA) is 30.5 Å². The van der Waals surface area contributed by atoms with Crippen LogP contribution in [0.15, 0.2) is 12.1 Å². The fourth-order valence-corrected chi connectivity index (χ4v) is 2.61. The largest absolute Gasteiger partial charge is 0.491 e. The molecular weight excluding hydrogens is 238 g/mol. The monoisotopic (exact) mass is 263 g/mol. The predicted octanol–water partition coefficient (Wildman–Crippen LogP) is 2.76. The molecule has 1 saturated heterocycles. The van der Waals surface area contributed by atoms with E-state index in [1.54, 1.807) is 0 Å². The van der Waals surface area contributed by atoms with Gasteiger partial charge in [0.2, 0.25) is 0 Å². The highest BCUT2D eigenvalue weighted by Gasteiger charge is 2.25. The van der Waals surface area contributed by atoms with Crippen LogP contribution in [-0.4, -0.2) is 32.4 Å². The van der Waals surface area contributed by atoms with Crippen molar-refractivity contribution in [1.29, 1.82) is 0 Å². The van der Waals surface area contributed by atoms with Gasteiger partial charge in [0.25, 0.3) is 0 Å². The summed E-state index contributed by atoms with van der Waals surface area (Å²) in [5.74, 6) is 0.998. The third kappa shape index (κ3) is 3.71. The maximum atomic E-state index is 5.96. The van der Waals surface area contributed by atoms with Crippen LogP contribution in [-0.2, 0) is 4.74 Å². The van der Waals surface area contributed by atoms with Crippen molar-refractivity contribution in [3.05, 3.63) is 28.8 Å². The zero-order valence-corrected chi connectivity index (χ0v) is 12.5. The molecule has 0 spiro atoms. The summed E-state index contributed by atoms with van der Waals surface area (Å²) in [5, 5.41) is 3.16. The lowest BCUT2D eigenvalue weighted by Gasteiger charge is -2.16. The summed E-state index contributed by atoms with van der Waals surface area (Å²) in [4.78, 5) is 0. The molecule has 1 aromatic carbocycles. The van der Waals surface area contributed by atoms with Crippen LogP contribution in [0.5, 0.6) is 5.75 Å². The summed E-state index contributed by atoms with van der Waals surface area (Å²) in [6.45, 7) is 7.94. The van der Waals surface area contributed by atoms with E-state index in [0.717, 1.165) is 25.1 Å². The molecule has 3 nitrogen and oxygen atoms in total. The molecule has 1 aliphatic rings. The summed E-state index contributed by atoms with van der Waals surface area (Å²) in [5.41, 5.74) is 3.77. The van der Waals surface area contributed by atoms with Crippen molar-refractivity contribution < 1.29 is 9.47 Å². The Bertz CT molecular complexity index is 431. The predicted molar refractivity (Wildman–Crippen MR) is 78.0 cm³/mol. The average Bonchev–Trinajstić information content (AvgIpc) is 2.80. The van der Waals surface area contributed by atoms with Gasteiger partial charge in [-0.15, -0.1) is 0 Å². The van der Waals surface area contributed by atoms with E-state index in [9.17, 15) is 0 Å². The second kappa shape index (κ2) is 6.40. The number of likely N-dealkylation sites (N-methyl/N-ethyl adjacent to an activating group) is 1. The van der Waals surface area contributed by atoms with E-state index in [-0.39, 0.29) is 6.10 Å². The summed E-state index contributed by atoms with van der Waals surface area (Å²) in [6.07, 6.45) is 2.80. The van der Waals surface area contributed by atoms with E-state index < -0.39 is 0 Å². The molecule has 2 rings (SSSR count). The number of nitrogens with one attached hydrogen (secondary N) is 1. The highest BCUT2D eigenvalue weighted by Crippen LogP contribution is 2.25. The smallest absolute Gasteiger partial charge is 0.122 e. The zero-order chi connectivity index (χ0) is 13.8. The van der Waals surface area contributed by atoms with Gasteiger partial charge >= 0.3 is 0 Å². The van der Waals surface area contributed by atoms with Crippen LogP contribution in [0.25, 0.3) is 0 Å². The number of aryl methyl sites for hydroxylation is 2. The van der Waals surface area contributed by atoms with Gasteiger partial charge in [-0.05, 0) is 63.4 Å². The van der Waals surface area contributed by atoms with E-state index in [1.807, 2.05) is 7.05 Å². The zero-order valence-electron chi connectivity index (χ0n) is 12.5. The van der Waals surface area contributed by atoms with E-state index in [0.29, 0.717) is 12.7 Å². The number of hydrogen-bond acceptors (Lipinski definition) is 3. The molecule has 0 aromatic heterocycles. The quantitative estimate of drug-likeness (QED) is 0.886. The minimum absolute atomic E-state index is 0.235. The van der Waals surface area contributed by atoms with Crippen molar-refractivity contribution >= 4 is 0 Å². The molecular formula is C16H25NO2. The van der Waals surface area contributed by atoms with Crippen LogP contribution >= 0.6 is 0 Å². The number of ether oxygens (including phenoxy) is 2. The SMILES string of the molecule is CNCC1CCC(COc2cc(C)cc(C)c2C)O1. The molecule has 1 heterocycles. The van der Waals surface area contributed by atoms with Crippen LogP contribution in [0.1, 0.15) is 29.5 Å². The molecule has 0 amide bonds. The van der Waals surface area contributed by atoms with E-state index in [1.165, 1.54) is 16.7 Å². The van der Waals surface area contributed by atoms with Gasteiger partial charge in [-0.3, -0.25) is 0 Å². The second-order valence-corrected chi connectivity index (χ2v) is 5.53. The molecule has 0 bridgehead atoms. The van der Waals surface area contributed by atoms with Gasteiger partial charge in [-0.25, -0.2) is 0 Å². The lowest BCUT2D eigenvalue weighted by atomic mass is 10.1. The Morgan fingerprint density at radius 1 is 1.21 bits per heavy atom. The Morgan fingerprint density at radius 2 is 1.95 bits per heavy atom. The molecule has 1 aromatic rings. The van der Waals surface area contributed by atoms with E-state index in [4.69, 9.17) is 9.47 Å². The van der Waals surface area contributed by atoms with Crippen LogP contribution in [0.4, 0.5) is 0 Å². The Morgan fingerprint density at radius 3 is 2.68 bits per heavy atom. The Kier molecular flexibility index (Phi) is 4.83. The van der Waals surface area contributed by atoms with Gasteiger partial charge < -0.3 is 14.8 Å². The Hall–Kier alpha value is -1.06. The normalized spacial score (nSPS) is 22.7. The first-order valence-corrected chi connectivity index (χ1v) is 7.11. The lowest BCUT2D eigenvalue weighted by Crippen LogP contribution is -2.26. The van der Waals surface area contributed by atoms with Crippen LogP contribution < -0.4 is 10.1 Å². The van der Waals surface area contributed by atoms with E-state index in [2.05, 4.69) is 38.2 Å². The number of benzene rings is 1. The van der Waals surface area contributed by atoms with Crippen molar-refractivity contribution in [3.63, 3.8) is 0 Å². The fraction of sp³-hybridized carbons (Fsp3) is 0.625. The molecule has 0 aliphatic carbocycles. The molecule has 0 saturated carbocycles. The molecule has 19 heavy (non-hydrogen) atoms. The third-order valence-electron chi connectivity index (χ3n) is 3.82. The first-order chi connectivity index (χ1) is 9.10. The molecule has 2 atom stereocenters. The van der Waals surface area contributed by atoms with Crippen molar-refractivity contribution in [2.75, 3.05) is 20.2 Å². The lowest BCUT2D eigenvalue weighted by molar-refractivity contribution is 0.0192. The highest BCUT2D eigenvalue weighted by atomic mass is 16.5. The first kappa shape index (κ1) is 14.4. The van der Waals surface area contributed by atoms with Gasteiger partial charge in [0, 0.05) is 6.54 Å². The maximum absolute atomic E-state index is 5.96. The molecule has 2 unspecified atom stereocenters. The summed E-state index contributed by atoms with van der Waals surface area (Å²) < 4.78 is 11.9. The minimum atomic E-state index is 0.235. The summed E-state index contributed by atoms with van der Waals surface area (Å²) in [7, 11) is 1.96. The van der Waals surface area contributed by atoms with E-state index >= 15 is 0 Å². The molecule has 3 heteroatoms. The Labute approximate surface area is 116 Å². The number of hydrogen-bond donors (Lipinski definition) is 1. The van der Waals surface area contributed by atoms with Crippen LogP contribution in [0.2, 0.25) is 0 Å². The van der Waals surface area contributed by atoms with Crippen LogP contribution in [0, 0.1) is 20.8 Å². The molecule has 1 aliphatic heterocycles. The molecule has 106 valence electrons. The van der Waals surface area contributed by atoms with Crippen molar-refractivity contribution in [2.24, 2.45) is 0 Å². The molecule has 0 radical (unpaired) electrons. The van der Waals surface area contributed by atoms with Gasteiger partial charge in [0.05, 0.1) is 12.2 Å². The molecule has 1 N–H and O–H groups in total. The van der Waals surface area contributed by atoms with Crippen LogP contribution in [0.3, 0.4) is 0 Å². The summed E-state index contributed by atoms with van der Waals surface area (Å²) >= 11 is 0. The Balaban J connectivity index is 1.89. The van der Waals surface area contributed by atoms with Gasteiger partial charge in [0.1, 0.15) is 12.4 Å². The maximum Gasteiger partial charge on any atom is 0.122 e. The standard InChI is InChI=1S/C16H25NO2/c1-11-7-12(2)13(3)16(8-11)18-10-15-6-5-14(19-15)9-17-4/h7-8,14-15,17H,5-6,9-10H2,1-4H3. The number of rotatable bonds is 5. The molecule has 1 fully saturated rings. The van der Waals surface area contributed by atoms with Gasteiger partial charge in [-0.2, -0.15) is 0 Å². The fourth-order valence-electron chi connectivity index (χ4n) is 2.61.